The van der Waals surface area contributed by atoms with E-state index in [9.17, 15) is 13.2 Å². The van der Waals surface area contributed by atoms with E-state index in [0.717, 1.165) is 16.7 Å². The van der Waals surface area contributed by atoms with Crippen molar-refractivity contribution in [3.8, 4) is 0 Å². The summed E-state index contributed by atoms with van der Waals surface area (Å²) in [5.41, 5.74) is 2.49. The zero-order valence-corrected chi connectivity index (χ0v) is 16.4. The molecule has 0 aromatic heterocycles. The van der Waals surface area contributed by atoms with Gasteiger partial charge in [0.15, 0.2) is 0 Å². The first-order valence-corrected chi connectivity index (χ1v) is 9.62. The van der Waals surface area contributed by atoms with Gasteiger partial charge < -0.3 is 0 Å². The third-order valence-corrected chi connectivity index (χ3v) is 5.55. The van der Waals surface area contributed by atoms with Gasteiger partial charge in [-0.15, -0.1) is 11.8 Å². The number of hydrogen-bond donors (Lipinski definition) is 0. The summed E-state index contributed by atoms with van der Waals surface area (Å²) in [6.45, 7) is 6.00. The maximum absolute atomic E-state index is 13.6. The second kappa shape index (κ2) is 9.65. The lowest BCUT2D eigenvalue weighted by Gasteiger charge is -2.37. The van der Waals surface area contributed by atoms with Crippen molar-refractivity contribution in [3.63, 3.8) is 0 Å². The summed E-state index contributed by atoms with van der Waals surface area (Å²) in [6, 6.07) is 12.5. The molecule has 4 heteroatoms. The number of rotatable bonds is 7. The molecule has 0 spiro atoms. The average Bonchev–Trinajstić information content (AvgIpc) is 2.64. The Balaban J connectivity index is 2.87. The minimum absolute atomic E-state index is 0.197. The molecular formula is C23H23F3S. The van der Waals surface area contributed by atoms with Crippen LogP contribution in [0.4, 0.5) is 13.2 Å². The van der Waals surface area contributed by atoms with Gasteiger partial charge in [-0.25, -0.2) is 13.2 Å². The summed E-state index contributed by atoms with van der Waals surface area (Å²) in [5, 5.41) is 0.197. The molecule has 0 aliphatic rings. The Morgan fingerprint density at radius 2 is 1.41 bits per heavy atom. The number of thioether (sulfide) groups is 1. The maximum Gasteiger partial charge on any atom is 0.123 e. The number of allylic oxidation sites excluding steroid dienone is 4. The molecule has 0 fully saturated rings. The molecule has 0 radical (unpaired) electrons. The van der Waals surface area contributed by atoms with Crippen LogP contribution in [0.2, 0.25) is 0 Å². The standard InChI is InChI=1S/C23H23F3S/c1-4-6-18(7-5-16-24)23(27-17(2)3,19-8-12-21(25)13-9-19)20-10-14-22(26)15-11-20/h4-17H,1-3H3/b6-4-,16-5+,18-7+. The van der Waals surface area contributed by atoms with Gasteiger partial charge in [0.05, 0.1) is 11.1 Å². The van der Waals surface area contributed by atoms with E-state index in [1.807, 2.05) is 19.1 Å². The highest BCUT2D eigenvalue weighted by Gasteiger charge is 2.38. The fourth-order valence-electron chi connectivity index (χ4n) is 3.04. The van der Waals surface area contributed by atoms with Crippen molar-refractivity contribution in [1.29, 1.82) is 0 Å². The first-order chi connectivity index (χ1) is 12.9. The molecule has 0 atom stereocenters. The van der Waals surface area contributed by atoms with Crippen molar-refractivity contribution in [2.24, 2.45) is 0 Å². The van der Waals surface area contributed by atoms with E-state index in [0.29, 0.717) is 6.33 Å². The van der Waals surface area contributed by atoms with Gasteiger partial charge in [-0.3, -0.25) is 0 Å². The molecule has 0 bridgehead atoms. The summed E-state index contributed by atoms with van der Waals surface area (Å²) in [4.78, 5) is 0. The SMILES string of the molecule is C\C=C/C(=C\C=C\F)C(SC(C)C)(c1ccc(F)cc1)c1ccc(F)cc1. The summed E-state index contributed by atoms with van der Waals surface area (Å²) >= 11 is 1.64. The third kappa shape index (κ3) is 4.95. The van der Waals surface area contributed by atoms with Crippen molar-refractivity contribution in [2.75, 3.05) is 0 Å². The minimum Gasteiger partial charge on any atom is -0.216 e. The van der Waals surface area contributed by atoms with Crippen molar-refractivity contribution < 1.29 is 13.2 Å². The van der Waals surface area contributed by atoms with Crippen LogP contribution in [0.1, 0.15) is 31.9 Å². The highest BCUT2D eigenvalue weighted by Crippen LogP contribution is 2.51. The van der Waals surface area contributed by atoms with E-state index in [1.165, 1.54) is 30.3 Å². The molecular weight excluding hydrogens is 365 g/mol. The lowest BCUT2D eigenvalue weighted by molar-refractivity contribution is 0.625. The number of halogens is 3. The molecule has 0 aliphatic carbocycles. The molecule has 0 amide bonds. The normalized spacial score (nSPS) is 13.2. The number of hydrogen-bond acceptors (Lipinski definition) is 1. The van der Waals surface area contributed by atoms with Crippen LogP contribution >= 0.6 is 11.8 Å². The average molecular weight is 388 g/mol. The Morgan fingerprint density at radius 1 is 0.926 bits per heavy atom. The highest BCUT2D eigenvalue weighted by atomic mass is 32.2. The van der Waals surface area contributed by atoms with Crippen LogP contribution in [0, 0.1) is 11.6 Å². The van der Waals surface area contributed by atoms with Gasteiger partial charge in [0, 0.05) is 5.25 Å². The topological polar surface area (TPSA) is 0 Å². The minimum atomic E-state index is -0.748. The first kappa shape index (κ1) is 21.1. The molecule has 0 aliphatic heterocycles. The maximum atomic E-state index is 13.6. The van der Waals surface area contributed by atoms with Crippen LogP contribution in [-0.4, -0.2) is 5.25 Å². The molecule has 0 unspecified atom stereocenters. The summed E-state index contributed by atoms with van der Waals surface area (Å²) in [5.74, 6) is -0.664. The molecule has 0 nitrogen and oxygen atoms in total. The molecule has 2 rings (SSSR count). The summed E-state index contributed by atoms with van der Waals surface area (Å²) in [7, 11) is 0. The van der Waals surface area contributed by atoms with E-state index >= 15 is 0 Å². The van der Waals surface area contributed by atoms with Crippen LogP contribution in [-0.2, 0) is 4.75 Å². The van der Waals surface area contributed by atoms with Crippen LogP contribution in [0.3, 0.4) is 0 Å². The van der Waals surface area contributed by atoms with E-state index in [4.69, 9.17) is 0 Å². The third-order valence-electron chi connectivity index (χ3n) is 4.02. The smallest absolute Gasteiger partial charge is 0.123 e. The molecule has 27 heavy (non-hydrogen) atoms. The van der Waals surface area contributed by atoms with Crippen molar-refractivity contribution >= 4 is 11.8 Å². The summed E-state index contributed by atoms with van der Waals surface area (Å²) in [6.07, 6.45) is 7.28. The van der Waals surface area contributed by atoms with Gasteiger partial charge in [-0.05, 0) is 54.0 Å². The predicted molar refractivity (Wildman–Crippen MR) is 109 cm³/mol. The first-order valence-electron chi connectivity index (χ1n) is 8.74. The number of benzene rings is 2. The van der Waals surface area contributed by atoms with Crippen molar-refractivity contribution in [1.82, 2.24) is 0 Å². The largest absolute Gasteiger partial charge is 0.216 e. The van der Waals surface area contributed by atoms with Crippen LogP contribution < -0.4 is 0 Å². The fourth-order valence-corrected chi connectivity index (χ4v) is 4.56. The Labute approximate surface area is 163 Å². The van der Waals surface area contributed by atoms with Gasteiger partial charge in [0.25, 0.3) is 0 Å². The van der Waals surface area contributed by atoms with Crippen LogP contribution in [0.25, 0.3) is 0 Å². The van der Waals surface area contributed by atoms with Gasteiger partial charge in [-0.1, -0.05) is 56.3 Å². The van der Waals surface area contributed by atoms with E-state index < -0.39 is 4.75 Å². The van der Waals surface area contributed by atoms with E-state index in [2.05, 4.69) is 13.8 Å². The highest BCUT2D eigenvalue weighted by molar-refractivity contribution is 8.01. The molecule has 0 saturated heterocycles. The van der Waals surface area contributed by atoms with Gasteiger partial charge in [0.1, 0.15) is 11.6 Å². The van der Waals surface area contributed by atoms with Crippen molar-refractivity contribution in [2.45, 2.75) is 30.8 Å². The predicted octanol–water partition coefficient (Wildman–Crippen LogP) is 7.34. The Hall–Kier alpha value is -2.20. The molecule has 2 aromatic carbocycles. The second-order valence-corrected chi connectivity index (χ2v) is 8.09. The Morgan fingerprint density at radius 3 is 1.78 bits per heavy atom. The monoisotopic (exact) mass is 388 g/mol. The molecule has 0 heterocycles. The zero-order valence-electron chi connectivity index (χ0n) is 15.6. The van der Waals surface area contributed by atoms with Crippen molar-refractivity contribution in [3.05, 3.63) is 107 Å². The summed E-state index contributed by atoms with van der Waals surface area (Å²) < 4.78 is 39.2. The zero-order chi connectivity index (χ0) is 19.9. The van der Waals surface area contributed by atoms with E-state index in [-0.39, 0.29) is 16.9 Å². The molecule has 142 valence electrons. The van der Waals surface area contributed by atoms with Crippen LogP contribution in [0.5, 0.6) is 0 Å². The lowest BCUT2D eigenvalue weighted by atomic mass is 9.83. The fraction of sp³-hybridized carbons (Fsp3) is 0.217. The lowest BCUT2D eigenvalue weighted by Crippen LogP contribution is -2.28. The Kier molecular flexibility index (Phi) is 7.55. The second-order valence-electron chi connectivity index (χ2n) is 6.30. The van der Waals surface area contributed by atoms with E-state index in [1.54, 1.807) is 42.1 Å². The molecule has 0 N–H and O–H groups in total. The van der Waals surface area contributed by atoms with Gasteiger partial charge >= 0.3 is 0 Å². The molecule has 0 saturated carbocycles. The van der Waals surface area contributed by atoms with Gasteiger partial charge in [0.2, 0.25) is 0 Å². The Bertz CT molecular complexity index is 770. The molecule has 2 aromatic rings. The quantitative estimate of drug-likeness (QED) is 0.447. The van der Waals surface area contributed by atoms with Gasteiger partial charge in [-0.2, -0.15) is 0 Å². The van der Waals surface area contributed by atoms with Crippen LogP contribution in [0.15, 0.2) is 84.7 Å².